The van der Waals surface area contributed by atoms with Crippen molar-refractivity contribution in [3.8, 4) is 5.75 Å². The second kappa shape index (κ2) is 6.50. The molecule has 0 saturated heterocycles. The Labute approximate surface area is 141 Å². The van der Waals surface area contributed by atoms with Crippen molar-refractivity contribution in [1.29, 1.82) is 0 Å². The van der Waals surface area contributed by atoms with Gasteiger partial charge in [-0.1, -0.05) is 0 Å². The fraction of sp³-hybridized carbons (Fsp3) is 0.467. The number of imidazole rings is 1. The Balaban J connectivity index is 1.78. The van der Waals surface area contributed by atoms with Gasteiger partial charge in [0, 0.05) is 33.4 Å². The number of nitrogens with zero attached hydrogens (tertiary/aromatic N) is 5. The number of hydrogen-bond donors (Lipinski definition) is 0. The highest BCUT2D eigenvalue weighted by Gasteiger charge is 2.36. The lowest BCUT2D eigenvalue weighted by molar-refractivity contribution is 0.246. The maximum absolute atomic E-state index is 12.4. The zero-order valence-electron chi connectivity index (χ0n) is 14.0. The van der Waals surface area contributed by atoms with Crippen LogP contribution in [0, 0.1) is 0 Å². The van der Waals surface area contributed by atoms with Crippen molar-refractivity contribution in [1.82, 2.24) is 23.1 Å². The third-order valence-electron chi connectivity index (χ3n) is 4.10. The van der Waals surface area contributed by atoms with E-state index in [2.05, 4.69) is 9.97 Å². The van der Waals surface area contributed by atoms with Crippen LogP contribution in [0.4, 0.5) is 0 Å². The van der Waals surface area contributed by atoms with Gasteiger partial charge in [0.1, 0.15) is 18.2 Å². The third-order valence-corrected chi connectivity index (χ3v) is 6.11. The molecule has 2 aromatic heterocycles. The summed E-state index contributed by atoms with van der Waals surface area (Å²) in [5, 5.41) is 0. The molecule has 24 heavy (non-hydrogen) atoms. The fourth-order valence-electron chi connectivity index (χ4n) is 2.77. The topological polar surface area (TPSA) is 80.6 Å². The van der Waals surface area contributed by atoms with Crippen LogP contribution in [0.3, 0.4) is 0 Å². The molecular formula is C15H21N5O3S. The highest BCUT2D eigenvalue weighted by Crippen LogP contribution is 2.28. The molecule has 0 aromatic carbocycles. The van der Waals surface area contributed by atoms with Gasteiger partial charge < -0.3 is 9.30 Å². The minimum absolute atomic E-state index is 0.321. The van der Waals surface area contributed by atoms with Crippen molar-refractivity contribution >= 4 is 10.2 Å². The minimum atomic E-state index is -3.46. The van der Waals surface area contributed by atoms with Gasteiger partial charge in [0.15, 0.2) is 0 Å². The number of aromatic nitrogens is 3. The van der Waals surface area contributed by atoms with Gasteiger partial charge in [0.25, 0.3) is 10.2 Å². The zero-order chi connectivity index (χ0) is 17.3. The second-order valence-electron chi connectivity index (χ2n) is 5.81. The molecule has 1 aliphatic heterocycles. The number of fused-ring (bicyclic) bond motifs is 1. The first-order chi connectivity index (χ1) is 11.4. The lowest BCUT2D eigenvalue weighted by Crippen LogP contribution is -2.46. The minimum Gasteiger partial charge on any atom is -0.486 e. The first-order valence-electron chi connectivity index (χ1n) is 7.67. The van der Waals surface area contributed by atoms with Crippen LogP contribution >= 0.6 is 0 Å². The lowest BCUT2D eigenvalue weighted by Gasteiger charge is -2.34. The lowest BCUT2D eigenvalue weighted by atomic mass is 10.2. The van der Waals surface area contributed by atoms with Crippen LogP contribution in [0.1, 0.15) is 24.5 Å². The zero-order valence-corrected chi connectivity index (χ0v) is 14.8. The molecule has 0 bridgehead atoms. The third kappa shape index (κ3) is 3.02. The van der Waals surface area contributed by atoms with Gasteiger partial charge in [-0.15, -0.1) is 0 Å². The van der Waals surface area contributed by atoms with Crippen molar-refractivity contribution in [2.24, 2.45) is 0 Å². The van der Waals surface area contributed by atoms with Gasteiger partial charge in [-0.3, -0.25) is 4.98 Å². The Kier molecular flexibility index (Phi) is 4.57. The van der Waals surface area contributed by atoms with Crippen LogP contribution in [0.2, 0.25) is 0 Å². The molecule has 130 valence electrons. The Morgan fingerprint density at radius 1 is 1.33 bits per heavy atom. The molecule has 0 saturated carbocycles. The van der Waals surface area contributed by atoms with Crippen LogP contribution < -0.4 is 4.74 Å². The number of rotatable bonds is 5. The highest BCUT2D eigenvalue weighted by atomic mass is 32.2. The smallest absolute Gasteiger partial charge is 0.282 e. The van der Waals surface area contributed by atoms with E-state index in [0.29, 0.717) is 25.4 Å². The van der Waals surface area contributed by atoms with Crippen LogP contribution in [0.15, 0.2) is 30.7 Å². The Morgan fingerprint density at radius 2 is 2.12 bits per heavy atom. The van der Waals surface area contributed by atoms with E-state index in [-0.39, 0.29) is 6.04 Å². The van der Waals surface area contributed by atoms with E-state index in [1.165, 1.54) is 22.7 Å². The summed E-state index contributed by atoms with van der Waals surface area (Å²) in [5.41, 5.74) is 0.919. The van der Waals surface area contributed by atoms with Gasteiger partial charge in [0.05, 0.1) is 24.1 Å². The molecule has 0 N–H and O–H groups in total. The summed E-state index contributed by atoms with van der Waals surface area (Å²) < 4.78 is 35.3. The molecule has 0 spiro atoms. The van der Waals surface area contributed by atoms with Gasteiger partial charge in [0.2, 0.25) is 0 Å². The summed E-state index contributed by atoms with van der Waals surface area (Å²) in [4.78, 5) is 8.43. The van der Waals surface area contributed by atoms with Crippen molar-refractivity contribution in [2.75, 3.05) is 20.6 Å². The van der Waals surface area contributed by atoms with Gasteiger partial charge in [-0.05, 0) is 19.1 Å². The summed E-state index contributed by atoms with van der Waals surface area (Å²) in [6.07, 6.45) is 5.09. The summed E-state index contributed by atoms with van der Waals surface area (Å²) in [6, 6.07) is 3.33. The summed E-state index contributed by atoms with van der Waals surface area (Å²) in [6.45, 7) is 3.18. The molecule has 1 aliphatic rings. The van der Waals surface area contributed by atoms with E-state index in [1.54, 1.807) is 18.6 Å². The summed E-state index contributed by atoms with van der Waals surface area (Å²) in [5.74, 6) is 1.42. The standard InChI is InChI=1S/C15H21N5O3S/c1-12-15-17-9-13(11-23-14-5-4-6-16-10-14)19(15)7-8-20(12)24(21,22)18(2)3/h4-6,9-10,12H,7-8,11H2,1-3H3/t12-/m1/s1. The summed E-state index contributed by atoms with van der Waals surface area (Å²) in [7, 11) is -0.388. The van der Waals surface area contributed by atoms with E-state index in [0.717, 1.165) is 11.5 Å². The average Bonchev–Trinajstić information content (AvgIpc) is 2.98. The van der Waals surface area contributed by atoms with Crippen molar-refractivity contribution in [3.63, 3.8) is 0 Å². The molecule has 0 unspecified atom stereocenters. The van der Waals surface area contributed by atoms with Crippen molar-refractivity contribution in [3.05, 3.63) is 42.2 Å². The van der Waals surface area contributed by atoms with Crippen LogP contribution in [0.5, 0.6) is 5.75 Å². The molecule has 0 amide bonds. The number of ether oxygens (including phenoxy) is 1. The molecule has 2 aromatic rings. The highest BCUT2D eigenvalue weighted by molar-refractivity contribution is 7.86. The van der Waals surface area contributed by atoms with Gasteiger partial charge >= 0.3 is 0 Å². The Hall–Kier alpha value is -1.97. The predicted octanol–water partition coefficient (Wildman–Crippen LogP) is 1.04. The van der Waals surface area contributed by atoms with E-state index in [1.807, 2.05) is 23.6 Å². The Morgan fingerprint density at radius 3 is 2.79 bits per heavy atom. The largest absolute Gasteiger partial charge is 0.486 e. The van der Waals surface area contributed by atoms with Crippen molar-refractivity contribution < 1.29 is 13.2 Å². The number of pyridine rings is 1. The molecule has 3 heterocycles. The first kappa shape index (κ1) is 16.9. The summed E-state index contributed by atoms with van der Waals surface area (Å²) >= 11 is 0. The molecule has 0 aliphatic carbocycles. The monoisotopic (exact) mass is 351 g/mol. The maximum Gasteiger partial charge on any atom is 0.282 e. The Bertz CT molecular complexity index is 804. The number of hydrogen-bond acceptors (Lipinski definition) is 5. The predicted molar refractivity (Wildman–Crippen MR) is 88.5 cm³/mol. The van der Waals surface area contributed by atoms with E-state index < -0.39 is 10.2 Å². The van der Waals surface area contributed by atoms with E-state index in [9.17, 15) is 8.42 Å². The molecule has 8 nitrogen and oxygen atoms in total. The second-order valence-corrected chi connectivity index (χ2v) is 7.91. The van der Waals surface area contributed by atoms with E-state index in [4.69, 9.17) is 4.74 Å². The molecule has 0 radical (unpaired) electrons. The maximum atomic E-state index is 12.4. The van der Waals surface area contributed by atoms with Crippen molar-refractivity contribution in [2.45, 2.75) is 26.1 Å². The normalized spacial score (nSPS) is 18.6. The van der Waals surface area contributed by atoms with Gasteiger partial charge in [-0.2, -0.15) is 17.0 Å². The SMILES string of the molecule is C[C@@H]1c2ncc(COc3cccnc3)n2CCN1S(=O)(=O)N(C)C. The molecule has 3 rings (SSSR count). The first-order valence-corrected chi connectivity index (χ1v) is 9.07. The van der Waals surface area contributed by atoms with Gasteiger partial charge in [-0.25, -0.2) is 4.98 Å². The molecule has 9 heteroatoms. The van der Waals surface area contributed by atoms with Crippen LogP contribution in [-0.2, 0) is 23.4 Å². The van der Waals surface area contributed by atoms with E-state index >= 15 is 0 Å². The quantitative estimate of drug-likeness (QED) is 0.804. The molecule has 0 fully saturated rings. The fourth-order valence-corrected chi connectivity index (χ4v) is 4.00. The average molecular weight is 351 g/mol. The van der Waals surface area contributed by atoms with Crippen LogP contribution in [0.25, 0.3) is 0 Å². The molecular weight excluding hydrogens is 330 g/mol. The van der Waals surface area contributed by atoms with Crippen LogP contribution in [-0.4, -0.2) is 52.2 Å². The molecule has 1 atom stereocenters.